The smallest absolute Gasteiger partial charge is 0.338 e. The third-order valence-electron chi connectivity index (χ3n) is 4.13. The fraction of sp³-hybridized carbons (Fsp3) is 0.263. The first-order valence-electron chi connectivity index (χ1n) is 8.22. The number of rotatable bonds is 4. The van der Waals surface area contributed by atoms with Crippen LogP contribution in [0, 0.1) is 6.92 Å². The van der Waals surface area contributed by atoms with Crippen molar-refractivity contribution in [3.05, 3.63) is 57.9 Å². The molecule has 1 aromatic heterocycles. The van der Waals surface area contributed by atoms with E-state index in [-0.39, 0.29) is 6.61 Å². The molecule has 26 heavy (non-hydrogen) atoms. The van der Waals surface area contributed by atoms with Crippen molar-refractivity contribution >= 4 is 23.6 Å². The molecular weight excluding hydrogens is 356 g/mol. The van der Waals surface area contributed by atoms with E-state index in [2.05, 4.69) is 10.6 Å². The third kappa shape index (κ3) is 3.46. The third-order valence-corrected chi connectivity index (χ3v) is 4.54. The van der Waals surface area contributed by atoms with Crippen molar-refractivity contribution in [2.45, 2.75) is 26.8 Å². The van der Waals surface area contributed by atoms with Crippen LogP contribution in [-0.2, 0) is 9.53 Å². The minimum Gasteiger partial charge on any atom is -0.463 e. The second kappa shape index (κ2) is 7.25. The van der Waals surface area contributed by atoms with Crippen LogP contribution in [0.25, 0.3) is 11.3 Å². The predicted molar refractivity (Wildman–Crippen MR) is 97.6 cm³/mol. The van der Waals surface area contributed by atoms with Crippen molar-refractivity contribution in [2.24, 2.45) is 0 Å². The van der Waals surface area contributed by atoms with E-state index in [0.717, 1.165) is 11.1 Å². The molecule has 2 amide bonds. The molecule has 3 rings (SSSR count). The number of furan rings is 1. The van der Waals surface area contributed by atoms with Gasteiger partial charge in [0.15, 0.2) is 0 Å². The number of amides is 2. The molecule has 0 radical (unpaired) electrons. The lowest BCUT2D eigenvalue weighted by Crippen LogP contribution is -2.45. The molecule has 0 bridgehead atoms. The molecule has 6 nitrogen and oxygen atoms in total. The molecule has 1 atom stereocenters. The number of benzene rings is 1. The quantitative estimate of drug-likeness (QED) is 0.789. The molecule has 0 aliphatic carbocycles. The SMILES string of the molecule is CCOC(=O)C1=C(C)NC(=O)N[C@H]1c1ccc(-c2ccc(C)c(Cl)c2)o1. The fourth-order valence-corrected chi connectivity index (χ4v) is 2.98. The lowest BCUT2D eigenvalue weighted by atomic mass is 10.0. The summed E-state index contributed by atoms with van der Waals surface area (Å²) < 4.78 is 11.0. The molecule has 1 aromatic carbocycles. The van der Waals surface area contributed by atoms with Gasteiger partial charge in [0.25, 0.3) is 0 Å². The van der Waals surface area contributed by atoms with Crippen LogP contribution in [0.2, 0.25) is 5.02 Å². The zero-order valence-corrected chi connectivity index (χ0v) is 15.4. The number of esters is 1. The molecule has 1 aliphatic rings. The Labute approximate surface area is 156 Å². The van der Waals surface area contributed by atoms with Gasteiger partial charge < -0.3 is 19.8 Å². The Morgan fingerprint density at radius 3 is 2.73 bits per heavy atom. The van der Waals surface area contributed by atoms with Gasteiger partial charge in [-0.05, 0) is 44.5 Å². The van der Waals surface area contributed by atoms with Gasteiger partial charge in [0.05, 0.1) is 12.2 Å². The van der Waals surface area contributed by atoms with Gasteiger partial charge in [-0.15, -0.1) is 0 Å². The van der Waals surface area contributed by atoms with Gasteiger partial charge >= 0.3 is 12.0 Å². The first-order chi connectivity index (χ1) is 12.4. The Hall–Kier alpha value is -2.73. The highest BCUT2D eigenvalue weighted by Crippen LogP contribution is 2.33. The summed E-state index contributed by atoms with van der Waals surface area (Å²) in [4.78, 5) is 24.2. The number of nitrogens with one attached hydrogen (secondary N) is 2. The van der Waals surface area contributed by atoms with Gasteiger partial charge in [-0.2, -0.15) is 0 Å². The highest BCUT2D eigenvalue weighted by molar-refractivity contribution is 6.31. The standard InChI is InChI=1S/C19H19ClN2O4/c1-4-25-18(23)16-11(3)21-19(24)22-17(16)15-8-7-14(26-15)12-6-5-10(2)13(20)9-12/h5-9,17H,4H2,1-3H3,(H2,21,22,24)/t17-/m0/s1. The molecule has 0 spiro atoms. The van der Waals surface area contributed by atoms with Crippen LogP contribution in [0.4, 0.5) is 4.79 Å². The van der Waals surface area contributed by atoms with Crippen molar-refractivity contribution in [2.75, 3.05) is 6.61 Å². The molecular formula is C19H19ClN2O4. The van der Waals surface area contributed by atoms with E-state index >= 15 is 0 Å². The van der Waals surface area contributed by atoms with E-state index in [4.69, 9.17) is 20.8 Å². The maximum absolute atomic E-state index is 12.3. The summed E-state index contributed by atoms with van der Waals surface area (Å²) in [7, 11) is 0. The average molecular weight is 375 g/mol. The highest BCUT2D eigenvalue weighted by Gasteiger charge is 2.34. The van der Waals surface area contributed by atoms with Gasteiger partial charge in [0.2, 0.25) is 0 Å². The first kappa shape index (κ1) is 18.1. The van der Waals surface area contributed by atoms with Gasteiger partial charge in [-0.25, -0.2) is 9.59 Å². The van der Waals surface area contributed by atoms with E-state index < -0.39 is 18.0 Å². The molecule has 0 saturated carbocycles. The van der Waals surface area contributed by atoms with Crippen LogP contribution in [0.5, 0.6) is 0 Å². The zero-order valence-electron chi connectivity index (χ0n) is 14.7. The second-order valence-electron chi connectivity index (χ2n) is 5.96. The molecule has 2 aromatic rings. The molecule has 1 aliphatic heterocycles. The number of hydrogen-bond acceptors (Lipinski definition) is 4. The maximum Gasteiger partial charge on any atom is 0.338 e. The summed E-state index contributed by atoms with van der Waals surface area (Å²) >= 11 is 6.18. The number of carbonyl (C=O) groups excluding carboxylic acids is 2. The van der Waals surface area contributed by atoms with E-state index in [1.807, 2.05) is 25.1 Å². The predicted octanol–water partition coefficient (Wildman–Crippen LogP) is 4.10. The average Bonchev–Trinajstić information content (AvgIpc) is 3.06. The van der Waals surface area contributed by atoms with Crippen molar-refractivity contribution < 1.29 is 18.7 Å². The van der Waals surface area contributed by atoms with E-state index in [0.29, 0.717) is 27.8 Å². The van der Waals surface area contributed by atoms with Gasteiger partial charge in [-0.1, -0.05) is 23.7 Å². The number of aryl methyl sites for hydroxylation is 1. The van der Waals surface area contributed by atoms with Crippen molar-refractivity contribution in [3.8, 4) is 11.3 Å². The van der Waals surface area contributed by atoms with Crippen LogP contribution in [0.3, 0.4) is 0 Å². The topological polar surface area (TPSA) is 80.6 Å². The zero-order chi connectivity index (χ0) is 18.8. The number of ether oxygens (including phenoxy) is 1. The molecule has 7 heteroatoms. The summed E-state index contributed by atoms with van der Waals surface area (Å²) in [6.07, 6.45) is 0. The summed E-state index contributed by atoms with van der Waals surface area (Å²) in [5.74, 6) is 0.531. The summed E-state index contributed by atoms with van der Waals surface area (Å²) in [5, 5.41) is 5.94. The maximum atomic E-state index is 12.3. The molecule has 0 unspecified atom stereocenters. The van der Waals surface area contributed by atoms with Gasteiger partial charge in [-0.3, -0.25) is 0 Å². The van der Waals surface area contributed by atoms with E-state index in [1.54, 1.807) is 26.0 Å². The van der Waals surface area contributed by atoms with E-state index in [1.165, 1.54) is 0 Å². The minimum absolute atomic E-state index is 0.238. The van der Waals surface area contributed by atoms with Crippen LogP contribution >= 0.6 is 11.6 Å². The summed E-state index contributed by atoms with van der Waals surface area (Å²) in [5.41, 5.74) is 2.53. The van der Waals surface area contributed by atoms with Crippen molar-refractivity contribution in [3.63, 3.8) is 0 Å². The van der Waals surface area contributed by atoms with E-state index in [9.17, 15) is 9.59 Å². The lowest BCUT2D eigenvalue weighted by Gasteiger charge is -2.26. The van der Waals surface area contributed by atoms with Crippen molar-refractivity contribution in [1.29, 1.82) is 0 Å². The second-order valence-corrected chi connectivity index (χ2v) is 6.36. The minimum atomic E-state index is -0.725. The Morgan fingerprint density at radius 2 is 2.04 bits per heavy atom. The van der Waals surface area contributed by atoms with Gasteiger partial charge in [0.1, 0.15) is 17.6 Å². The number of allylic oxidation sites excluding steroid dienone is 1. The van der Waals surface area contributed by atoms with Crippen LogP contribution in [0.15, 0.2) is 46.0 Å². The molecule has 0 saturated heterocycles. The van der Waals surface area contributed by atoms with Gasteiger partial charge in [0, 0.05) is 16.3 Å². The summed E-state index contributed by atoms with van der Waals surface area (Å²) in [6, 6.07) is 8.00. The molecule has 2 heterocycles. The van der Waals surface area contributed by atoms with Crippen molar-refractivity contribution in [1.82, 2.24) is 10.6 Å². The molecule has 2 N–H and O–H groups in total. The Morgan fingerprint density at radius 1 is 1.27 bits per heavy atom. The number of halogens is 1. The van der Waals surface area contributed by atoms with Crippen LogP contribution < -0.4 is 10.6 Å². The van der Waals surface area contributed by atoms with Crippen LogP contribution in [-0.4, -0.2) is 18.6 Å². The number of urea groups is 1. The monoisotopic (exact) mass is 374 g/mol. The number of hydrogen-bond donors (Lipinski definition) is 2. The molecule has 0 fully saturated rings. The highest BCUT2D eigenvalue weighted by atomic mass is 35.5. The largest absolute Gasteiger partial charge is 0.463 e. The lowest BCUT2D eigenvalue weighted by molar-refractivity contribution is -0.139. The Kier molecular flexibility index (Phi) is 5.04. The fourth-order valence-electron chi connectivity index (χ4n) is 2.80. The normalized spacial score (nSPS) is 16.9. The van der Waals surface area contributed by atoms with Crippen LogP contribution in [0.1, 0.15) is 31.2 Å². The number of carbonyl (C=O) groups is 2. The Bertz CT molecular complexity index is 901. The Balaban J connectivity index is 1.98. The summed E-state index contributed by atoms with van der Waals surface area (Å²) in [6.45, 7) is 5.54. The molecule has 136 valence electrons. The first-order valence-corrected chi connectivity index (χ1v) is 8.60.